The summed E-state index contributed by atoms with van der Waals surface area (Å²) in [4.78, 5) is 0. The summed E-state index contributed by atoms with van der Waals surface area (Å²) in [5, 5.41) is 9.50. The second-order valence-corrected chi connectivity index (χ2v) is 1.25. The van der Waals surface area contributed by atoms with Gasteiger partial charge in [0.15, 0.2) is 0 Å². The Kier molecular flexibility index (Phi) is 197. The maximum atomic E-state index is 3.50. The van der Waals surface area contributed by atoms with Crippen molar-refractivity contribution in [3.8, 4) is 0 Å². The summed E-state index contributed by atoms with van der Waals surface area (Å²) in [6.07, 6.45) is 0. The van der Waals surface area contributed by atoms with E-state index in [1.807, 2.05) is 0 Å². The fourth-order valence-corrected chi connectivity index (χ4v) is 0. The fraction of sp³-hybridized carbons (Fsp3) is 0.714. The predicted molar refractivity (Wildman–Crippen MR) is 51.2 cm³/mol. The van der Waals surface area contributed by atoms with Gasteiger partial charge in [0.1, 0.15) is 0 Å². The second-order valence-electron chi connectivity index (χ2n) is 1.25. The van der Waals surface area contributed by atoms with Gasteiger partial charge in [0.2, 0.25) is 0 Å². The average Bonchev–Trinajstić information content (AvgIpc) is 1.70. The molecule has 0 saturated carbocycles. The predicted octanol–water partition coefficient (Wildman–Crippen LogP) is 1.68. The molecular formula is C7H21HfN3. The van der Waals surface area contributed by atoms with Crippen molar-refractivity contribution in [1.82, 2.24) is 5.32 Å². The van der Waals surface area contributed by atoms with E-state index >= 15 is 0 Å². The molecule has 0 radical (unpaired) electrons. The Morgan fingerprint density at radius 1 is 1.00 bits per heavy atom. The van der Waals surface area contributed by atoms with Crippen molar-refractivity contribution in [3.63, 3.8) is 0 Å². The van der Waals surface area contributed by atoms with Gasteiger partial charge in [-0.05, 0) is 7.05 Å². The number of nitrogens with one attached hydrogen (secondary N) is 1. The van der Waals surface area contributed by atoms with E-state index in [4.69, 9.17) is 0 Å². The minimum absolute atomic E-state index is 0. The van der Waals surface area contributed by atoms with Gasteiger partial charge in [-0.1, -0.05) is 0 Å². The molecule has 0 aromatic rings. The smallest absolute Gasteiger partial charge is 0.668 e. The third-order valence-electron chi connectivity index (χ3n) is 0. The Morgan fingerprint density at radius 2 is 1.00 bits per heavy atom. The SMILES string of the molecule is C[N-]C.C[N-]C.[CH2-]NC.[CH3-].[Hf+4]. The van der Waals surface area contributed by atoms with Gasteiger partial charge in [-0.25, -0.2) is 0 Å². The van der Waals surface area contributed by atoms with E-state index < -0.39 is 0 Å². The first-order valence-corrected chi connectivity index (χ1v) is 2.64. The molecule has 0 aliphatic rings. The van der Waals surface area contributed by atoms with E-state index in [0.29, 0.717) is 0 Å². The summed E-state index contributed by atoms with van der Waals surface area (Å²) in [5.74, 6) is 0. The molecule has 0 rings (SSSR count). The van der Waals surface area contributed by atoms with Gasteiger partial charge >= 0.3 is 25.8 Å². The Bertz CT molecular complexity index is 18.4. The van der Waals surface area contributed by atoms with E-state index in [1.165, 1.54) is 0 Å². The number of hydrogen-bond acceptors (Lipinski definition) is 1. The van der Waals surface area contributed by atoms with Crippen molar-refractivity contribution >= 4 is 0 Å². The Balaban J connectivity index is -0.0000000150. The summed E-state index contributed by atoms with van der Waals surface area (Å²) in [6, 6.07) is 0. The Labute approximate surface area is 91.5 Å². The number of hydrogen-bond donors (Lipinski definition) is 1. The van der Waals surface area contributed by atoms with Gasteiger partial charge in [-0.3, -0.25) is 7.05 Å². The molecule has 0 aliphatic carbocycles. The summed E-state index contributed by atoms with van der Waals surface area (Å²) in [5.41, 5.74) is 0. The van der Waals surface area contributed by atoms with Crippen molar-refractivity contribution in [2.24, 2.45) is 0 Å². The minimum atomic E-state index is 0. The zero-order valence-electron chi connectivity index (χ0n) is 8.60. The molecule has 0 aromatic heterocycles. The summed E-state index contributed by atoms with van der Waals surface area (Å²) in [6.45, 7) is 0. The van der Waals surface area contributed by atoms with E-state index in [-0.39, 0.29) is 33.3 Å². The third-order valence-corrected chi connectivity index (χ3v) is 0. The van der Waals surface area contributed by atoms with Crippen LogP contribution in [0.5, 0.6) is 0 Å². The molecule has 3 nitrogen and oxygen atoms in total. The van der Waals surface area contributed by atoms with Gasteiger partial charge < -0.3 is 23.4 Å². The van der Waals surface area contributed by atoms with Crippen LogP contribution in [0.1, 0.15) is 0 Å². The summed E-state index contributed by atoms with van der Waals surface area (Å²) >= 11 is 0. The van der Waals surface area contributed by atoms with Crippen molar-refractivity contribution in [2.75, 3.05) is 35.2 Å². The standard InChI is InChI=1S/3C2H6N.CH3.Hf/c3*1-3-2;;/h2*1-2H3;3H,1H2,2H3;1H3;/q4*-1;+4. The van der Waals surface area contributed by atoms with E-state index in [2.05, 4.69) is 23.0 Å². The molecular weight excluding hydrogens is 305 g/mol. The second kappa shape index (κ2) is 72.7. The van der Waals surface area contributed by atoms with Crippen LogP contribution in [0, 0.1) is 14.5 Å². The molecule has 11 heavy (non-hydrogen) atoms. The zero-order chi connectivity index (χ0) is 8.12. The van der Waals surface area contributed by atoms with E-state index in [9.17, 15) is 0 Å². The molecule has 0 unspecified atom stereocenters. The minimum Gasteiger partial charge on any atom is -0.668 e. The van der Waals surface area contributed by atoms with Crippen LogP contribution < -0.4 is 5.32 Å². The maximum Gasteiger partial charge on any atom is 4.00 e. The third kappa shape index (κ3) is 1460. The van der Waals surface area contributed by atoms with Gasteiger partial charge in [-0.15, -0.1) is 0 Å². The van der Waals surface area contributed by atoms with E-state index in [1.54, 1.807) is 35.2 Å². The molecule has 4 heteroatoms. The first-order valence-electron chi connectivity index (χ1n) is 2.64. The van der Waals surface area contributed by atoms with Crippen LogP contribution in [0.3, 0.4) is 0 Å². The largest absolute Gasteiger partial charge is 4.00 e. The summed E-state index contributed by atoms with van der Waals surface area (Å²) < 4.78 is 0. The molecule has 0 atom stereocenters. The molecule has 68 valence electrons. The monoisotopic (exact) mass is 327 g/mol. The molecule has 0 amide bonds. The summed E-state index contributed by atoms with van der Waals surface area (Å²) in [7, 11) is 12.0. The van der Waals surface area contributed by atoms with Crippen LogP contribution in [-0.4, -0.2) is 35.2 Å². The molecule has 0 saturated heterocycles. The van der Waals surface area contributed by atoms with Crippen LogP contribution in [0.2, 0.25) is 0 Å². The van der Waals surface area contributed by atoms with Crippen molar-refractivity contribution in [3.05, 3.63) is 25.1 Å². The van der Waals surface area contributed by atoms with Crippen molar-refractivity contribution in [2.45, 2.75) is 0 Å². The molecule has 0 spiro atoms. The molecule has 0 bridgehead atoms. The van der Waals surface area contributed by atoms with Gasteiger partial charge in [0.05, 0.1) is 0 Å². The molecule has 0 heterocycles. The van der Waals surface area contributed by atoms with Crippen LogP contribution in [0.4, 0.5) is 0 Å². The Hall–Kier alpha value is 0.750. The quantitative estimate of drug-likeness (QED) is 0.534. The first-order chi connectivity index (χ1) is 4.24. The van der Waals surface area contributed by atoms with Crippen LogP contribution in [0.25, 0.3) is 10.6 Å². The first kappa shape index (κ1) is 29.8. The number of rotatable bonds is 0. The Morgan fingerprint density at radius 3 is 1.00 bits per heavy atom. The number of nitrogens with zero attached hydrogens (tertiary/aromatic N) is 2. The van der Waals surface area contributed by atoms with E-state index in [0.717, 1.165) is 0 Å². The van der Waals surface area contributed by atoms with Crippen molar-refractivity contribution < 1.29 is 25.8 Å². The fourth-order valence-electron chi connectivity index (χ4n) is 0. The van der Waals surface area contributed by atoms with Crippen LogP contribution in [0.15, 0.2) is 0 Å². The molecule has 0 aliphatic heterocycles. The van der Waals surface area contributed by atoms with Crippen molar-refractivity contribution in [1.29, 1.82) is 0 Å². The van der Waals surface area contributed by atoms with Gasteiger partial charge in [0, 0.05) is 0 Å². The molecule has 0 fully saturated rings. The van der Waals surface area contributed by atoms with Gasteiger partial charge in [0.25, 0.3) is 0 Å². The molecule has 0 aromatic carbocycles. The van der Waals surface area contributed by atoms with Gasteiger partial charge in [-0.2, -0.15) is 28.2 Å². The van der Waals surface area contributed by atoms with Crippen LogP contribution in [-0.2, 0) is 25.8 Å². The topological polar surface area (TPSA) is 40.2 Å². The average molecular weight is 326 g/mol. The van der Waals surface area contributed by atoms with Crippen LogP contribution >= 0.6 is 0 Å². The maximum absolute atomic E-state index is 3.50. The normalized spacial score (nSPS) is 4.91. The molecule has 1 N–H and O–H groups in total. The zero-order valence-corrected chi connectivity index (χ0v) is 12.2.